The van der Waals surface area contributed by atoms with Gasteiger partial charge in [-0.25, -0.2) is 8.78 Å². The Labute approximate surface area is 211 Å². The van der Waals surface area contributed by atoms with Crippen LogP contribution in [-0.4, -0.2) is 47.4 Å². The fourth-order valence-electron chi connectivity index (χ4n) is 5.59. The van der Waals surface area contributed by atoms with E-state index in [1.165, 1.54) is 23.3 Å². The van der Waals surface area contributed by atoms with E-state index in [4.69, 9.17) is 0 Å². The first-order chi connectivity index (χ1) is 17.6. The molecule has 2 aliphatic rings. The number of carbonyl (C=O) groups is 1. The average molecular weight is 490 g/mol. The Morgan fingerprint density at radius 3 is 2.31 bits per heavy atom. The summed E-state index contributed by atoms with van der Waals surface area (Å²) >= 11 is 0. The SMILES string of the molecule is O=C([C@@H]1C[C@H](NCc2ccc(F)cc2F)CN1Cc1ccccc1)N1CCC(c2ccccc2)CC1. The largest absolute Gasteiger partial charge is 0.341 e. The van der Waals surface area contributed by atoms with Gasteiger partial charge in [0.1, 0.15) is 11.6 Å². The highest BCUT2D eigenvalue weighted by molar-refractivity contribution is 5.82. The van der Waals surface area contributed by atoms with Crippen molar-refractivity contribution in [3.8, 4) is 0 Å². The monoisotopic (exact) mass is 489 g/mol. The van der Waals surface area contributed by atoms with Crippen LogP contribution in [0.4, 0.5) is 8.78 Å². The normalized spacial score (nSPS) is 21.1. The van der Waals surface area contributed by atoms with E-state index < -0.39 is 11.6 Å². The van der Waals surface area contributed by atoms with Gasteiger partial charge in [0, 0.05) is 50.4 Å². The van der Waals surface area contributed by atoms with Crippen LogP contribution in [0.3, 0.4) is 0 Å². The number of likely N-dealkylation sites (tertiary alicyclic amines) is 2. The second-order valence-electron chi connectivity index (χ2n) is 9.99. The Bertz CT molecular complexity index is 1150. The topological polar surface area (TPSA) is 35.6 Å². The van der Waals surface area contributed by atoms with Gasteiger partial charge in [0.2, 0.25) is 5.91 Å². The molecule has 2 saturated heterocycles. The molecule has 0 radical (unpaired) electrons. The van der Waals surface area contributed by atoms with Gasteiger partial charge in [0.15, 0.2) is 0 Å². The molecule has 4 nitrogen and oxygen atoms in total. The number of carbonyl (C=O) groups excluding carboxylic acids is 1. The summed E-state index contributed by atoms with van der Waals surface area (Å²) in [6.45, 7) is 3.24. The molecular weight excluding hydrogens is 456 g/mol. The molecular formula is C30H33F2N3O. The third-order valence-corrected chi connectivity index (χ3v) is 7.59. The first kappa shape index (κ1) is 24.6. The van der Waals surface area contributed by atoms with Crippen molar-refractivity contribution in [1.29, 1.82) is 0 Å². The molecule has 5 rings (SSSR count). The van der Waals surface area contributed by atoms with Gasteiger partial charge in [0.25, 0.3) is 0 Å². The van der Waals surface area contributed by atoms with Gasteiger partial charge in [-0.2, -0.15) is 0 Å². The molecule has 188 valence electrons. The zero-order valence-corrected chi connectivity index (χ0v) is 20.5. The van der Waals surface area contributed by atoms with Crippen molar-refractivity contribution in [1.82, 2.24) is 15.1 Å². The third kappa shape index (κ3) is 5.82. The van der Waals surface area contributed by atoms with Crippen molar-refractivity contribution in [2.75, 3.05) is 19.6 Å². The number of piperidine rings is 1. The fraction of sp³-hybridized carbons (Fsp3) is 0.367. The van der Waals surface area contributed by atoms with Gasteiger partial charge in [-0.15, -0.1) is 0 Å². The number of halogens is 2. The molecule has 0 saturated carbocycles. The van der Waals surface area contributed by atoms with Crippen molar-refractivity contribution in [3.63, 3.8) is 0 Å². The predicted molar refractivity (Wildman–Crippen MR) is 137 cm³/mol. The first-order valence-corrected chi connectivity index (χ1v) is 12.9. The van der Waals surface area contributed by atoms with Gasteiger partial charge < -0.3 is 10.2 Å². The maximum atomic E-state index is 14.1. The maximum absolute atomic E-state index is 14.1. The number of rotatable bonds is 7. The van der Waals surface area contributed by atoms with Crippen molar-refractivity contribution < 1.29 is 13.6 Å². The van der Waals surface area contributed by atoms with E-state index in [2.05, 4.69) is 46.6 Å². The number of benzene rings is 3. The standard InChI is InChI=1S/C30H33F2N3O/c31-26-12-11-25(28(32)17-26)19-33-27-18-29(35(21-27)20-22-7-3-1-4-8-22)30(36)34-15-13-24(14-16-34)23-9-5-2-6-10-23/h1-12,17,24,27,29,33H,13-16,18-21H2/t27-,29-/m0/s1. The first-order valence-electron chi connectivity index (χ1n) is 12.9. The Kier molecular flexibility index (Phi) is 7.73. The lowest BCUT2D eigenvalue weighted by Crippen LogP contribution is -2.48. The van der Waals surface area contributed by atoms with E-state index in [0.717, 1.165) is 32.0 Å². The molecule has 0 spiro atoms. The molecule has 6 heteroatoms. The molecule has 2 atom stereocenters. The zero-order valence-electron chi connectivity index (χ0n) is 20.5. The van der Waals surface area contributed by atoms with Gasteiger partial charge in [-0.05, 0) is 42.4 Å². The minimum Gasteiger partial charge on any atom is -0.341 e. The average Bonchev–Trinajstić information content (AvgIpc) is 3.31. The highest BCUT2D eigenvalue weighted by Crippen LogP contribution is 2.30. The van der Waals surface area contributed by atoms with E-state index >= 15 is 0 Å². The van der Waals surface area contributed by atoms with E-state index in [9.17, 15) is 13.6 Å². The van der Waals surface area contributed by atoms with Crippen LogP contribution in [0.1, 0.15) is 41.9 Å². The number of hydrogen-bond acceptors (Lipinski definition) is 3. The lowest BCUT2D eigenvalue weighted by atomic mass is 9.89. The second kappa shape index (κ2) is 11.3. The van der Waals surface area contributed by atoms with Crippen LogP contribution < -0.4 is 5.32 Å². The number of hydrogen-bond donors (Lipinski definition) is 1. The third-order valence-electron chi connectivity index (χ3n) is 7.59. The summed E-state index contributed by atoms with van der Waals surface area (Å²) in [5.74, 6) is -0.433. The number of nitrogens with one attached hydrogen (secondary N) is 1. The summed E-state index contributed by atoms with van der Waals surface area (Å²) in [5, 5.41) is 3.42. The smallest absolute Gasteiger partial charge is 0.240 e. The second-order valence-corrected chi connectivity index (χ2v) is 9.99. The fourth-order valence-corrected chi connectivity index (χ4v) is 5.59. The molecule has 2 heterocycles. The molecule has 2 fully saturated rings. The summed E-state index contributed by atoms with van der Waals surface area (Å²) in [5.41, 5.74) is 2.96. The molecule has 0 unspecified atom stereocenters. The molecule has 0 bridgehead atoms. The minimum atomic E-state index is -0.576. The Morgan fingerprint density at radius 1 is 0.917 bits per heavy atom. The maximum Gasteiger partial charge on any atom is 0.240 e. The van der Waals surface area contributed by atoms with Crippen molar-refractivity contribution in [2.24, 2.45) is 0 Å². The van der Waals surface area contributed by atoms with Crippen LogP contribution in [0.2, 0.25) is 0 Å². The molecule has 0 aliphatic carbocycles. The quantitative estimate of drug-likeness (QED) is 0.501. The van der Waals surface area contributed by atoms with Crippen LogP contribution in [0.25, 0.3) is 0 Å². The summed E-state index contributed by atoms with van der Waals surface area (Å²) in [6, 6.07) is 24.3. The summed E-state index contributed by atoms with van der Waals surface area (Å²) in [6.07, 6.45) is 2.63. The molecule has 1 amide bonds. The van der Waals surface area contributed by atoms with E-state index in [-0.39, 0.29) is 18.0 Å². The molecule has 3 aromatic carbocycles. The van der Waals surface area contributed by atoms with E-state index in [0.29, 0.717) is 37.5 Å². The summed E-state index contributed by atoms with van der Waals surface area (Å²) in [7, 11) is 0. The Morgan fingerprint density at radius 2 is 1.61 bits per heavy atom. The molecule has 2 aliphatic heterocycles. The van der Waals surface area contributed by atoms with E-state index in [1.54, 1.807) is 0 Å². The van der Waals surface area contributed by atoms with E-state index in [1.807, 2.05) is 29.2 Å². The van der Waals surface area contributed by atoms with Crippen LogP contribution in [0.5, 0.6) is 0 Å². The molecule has 1 N–H and O–H groups in total. The van der Waals surface area contributed by atoms with Crippen LogP contribution in [0, 0.1) is 11.6 Å². The zero-order chi connectivity index (χ0) is 24.9. The number of nitrogens with zero attached hydrogens (tertiary/aromatic N) is 2. The van der Waals surface area contributed by atoms with Crippen molar-refractivity contribution in [2.45, 2.75) is 50.4 Å². The van der Waals surface area contributed by atoms with Gasteiger partial charge in [-0.3, -0.25) is 9.69 Å². The van der Waals surface area contributed by atoms with Gasteiger partial charge in [0.05, 0.1) is 6.04 Å². The molecule has 0 aromatic heterocycles. The highest BCUT2D eigenvalue weighted by atomic mass is 19.1. The summed E-state index contributed by atoms with van der Waals surface area (Å²) in [4.78, 5) is 18.0. The van der Waals surface area contributed by atoms with Gasteiger partial charge in [-0.1, -0.05) is 66.7 Å². The predicted octanol–water partition coefficient (Wildman–Crippen LogP) is 5.10. The number of amides is 1. The molecule has 36 heavy (non-hydrogen) atoms. The summed E-state index contributed by atoms with van der Waals surface area (Å²) < 4.78 is 27.4. The van der Waals surface area contributed by atoms with Crippen LogP contribution in [-0.2, 0) is 17.9 Å². The Balaban J connectivity index is 1.24. The van der Waals surface area contributed by atoms with Crippen LogP contribution >= 0.6 is 0 Å². The van der Waals surface area contributed by atoms with Crippen LogP contribution in [0.15, 0.2) is 78.9 Å². The lowest BCUT2D eigenvalue weighted by molar-refractivity contribution is -0.137. The van der Waals surface area contributed by atoms with Gasteiger partial charge >= 0.3 is 0 Å². The van der Waals surface area contributed by atoms with Crippen molar-refractivity contribution >= 4 is 5.91 Å². The lowest BCUT2D eigenvalue weighted by Gasteiger charge is -2.35. The highest BCUT2D eigenvalue weighted by Gasteiger charge is 2.39. The molecule has 3 aromatic rings. The minimum absolute atomic E-state index is 0.0500. The van der Waals surface area contributed by atoms with Crippen molar-refractivity contribution in [3.05, 3.63) is 107 Å². The Hall–Kier alpha value is -3.09.